The Bertz CT molecular complexity index is 1010. The molecule has 4 saturated carbocycles. The van der Waals surface area contributed by atoms with Crippen LogP contribution < -0.4 is 0 Å². The molecule has 0 aromatic rings. The molecule has 244 valence electrons. The molecule has 0 aliphatic heterocycles. The maximum Gasteiger partial charge on any atom is 0.242 e. The van der Waals surface area contributed by atoms with Crippen molar-refractivity contribution in [2.75, 3.05) is 0 Å². The highest BCUT2D eigenvalue weighted by molar-refractivity contribution is 6.71. The maximum atomic E-state index is 12.9. The van der Waals surface area contributed by atoms with E-state index in [1.54, 1.807) is 0 Å². The molecule has 9 heteroatoms. The molecule has 0 spiro atoms. The Morgan fingerprint density at radius 3 is 1.90 bits per heavy atom. The summed E-state index contributed by atoms with van der Waals surface area (Å²) < 4.78 is 27.1. The molecule has 1 N–H and O–H groups in total. The summed E-state index contributed by atoms with van der Waals surface area (Å²) in [6.07, 6.45) is 11.3. The van der Waals surface area contributed by atoms with Crippen molar-refractivity contribution in [2.24, 2.45) is 34.5 Å². The highest BCUT2D eigenvalue weighted by atomic mass is 28.4. The lowest BCUT2D eigenvalue weighted by atomic mass is 9.43. The lowest BCUT2D eigenvalue weighted by Crippen LogP contribution is -2.63. The van der Waals surface area contributed by atoms with Crippen molar-refractivity contribution in [3.63, 3.8) is 0 Å². The summed E-state index contributed by atoms with van der Waals surface area (Å²) in [6.45, 7) is 32.3. The van der Waals surface area contributed by atoms with Crippen LogP contribution in [0.4, 0.5) is 0 Å². The second-order valence-electron chi connectivity index (χ2n) is 18.9. The van der Waals surface area contributed by atoms with Crippen LogP contribution in [0.2, 0.25) is 78.6 Å². The molecule has 0 saturated heterocycles. The first-order valence-electron chi connectivity index (χ1n) is 17.0. The predicted octanol–water partition coefficient (Wildman–Crippen LogP) is 9.35. The second kappa shape index (κ2) is 11.4. The molecule has 42 heavy (non-hydrogen) atoms. The van der Waals surface area contributed by atoms with E-state index in [1.807, 2.05) is 6.26 Å². The van der Waals surface area contributed by atoms with Crippen molar-refractivity contribution in [1.82, 2.24) is 0 Å². The van der Waals surface area contributed by atoms with E-state index in [1.165, 1.54) is 32.1 Å². The van der Waals surface area contributed by atoms with Crippen LogP contribution in [0.5, 0.6) is 0 Å². The van der Waals surface area contributed by atoms with Gasteiger partial charge in [-0.25, -0.2) is 0 Å². The average molecular weight is 655 g/mol. The van der Waals surface area contributed by atoms with Gasteiger partial charge >= 0.3 is 0 Å². The van der Waals surface area contributed by atoms with Crippen molar-refractivity contribution < 1.29 is 22.8 Å². The summed E-state index contributed by atoms with van der Waals surface area (Å²) in [4.78, 5) is 0. The summed E-state index contributed by atoms with van der Waals surface area (Å²) in [5.74, 6) is 2.97. The number of rotatable bonds is 9. The Labute approximate surface area is 263 Å². The molecule has 4 fully saturated rings. The van der Waals surface area contributed by atoms with Gasteiger partial charge in [0.05, 0.1) is 0 Å². The van der Waals surface area contributed by atoms with Crippen LogP contribution in [-0.4, -0.2) is 56.2 Å². The van der Waals surface area contributed by atoms with E-state index in [9.17, 15) is 5.11 Å². The SMILES string of the molecule is C[C@]12C[C@H](O[Si](C)(C)C)C3C(CC[C@H]4C[C@H](O[Si](C)(C)C)CC[C@]34C)C1CC[C@]2(O)/C(=C/O[Si](C)(C)C)O[Si](C)(C)C. The lowest BCUT2D eigenvalue weighted by molar-refractivity contribution is -0.193. The van der Waals surface area contributed by atoms with Gasteiger partial charge in [0.2, 0.25) is 16.6 Å². The number of aliphatic hydroxyl groups is 1. The predicted molar refractivity (Wildman–Crippen MR) is 185 cm³/mol. The highest BCUT2D eigenvalue weighted by Gasteiger charge is 2.69. The average Bonchev–Trinajstić information content (AvgIpc) is 3.04. The minimum atomic E-state index is -2.00. The molecule has 4 aliphatic rings. The van der Waals surface area contributed by atoms with Crippen molar-refractivity contribution >= 4 is 33.3 Å². The van der Waals surface area contributed by atoms with Gasteiger partial charge in [-0.3, -0.25) is 0 Å². The van der Waals surface area contributed by atoms with Gasteiger partial charge in [-0.05, 0) is 159 Å². The zero-order chi connectivity index (χ0) is 31.7. The fourth-order valence-corrected chi connectivity index (χ4v) is 13.3. The van der Waals surface area contributed by atoms with Crippen LogP contribution in [0.25, 0.3) is 0 Å². The fourth-order valence-electron chi connectivity index (χ4n) is 9.65. The minimum Gasteiger partial charge on any atom is -0.547 e. The second-order valence-corrected chi connectivity index (χ2v) is 36.7. The molecule has 9 atom stereocenters. The van der Waals surface area contributed by atoms with Crippen molar-refractivity contribution in [3.8, 4) is 0 Å². The number of fused-ring (bicyclic) bond motifs is 5. The standard InChI is InChI=1S/C33H66O5Si4/c1-31-19-17-25(36-40(6,7)8)21-24(31)15-16-26-27-18-20-33(34,29(38-42(12,13)14)23-35-39(3,4)5)32(27,2)22-28(30(26)31)37-41(9,10)11/h23-28,30,34H,15-22H2,1-14H3/b29-23-/t24-,25+,26?,27?,28-,30?,31-,32-,33-/m0/s1. The largest absolute Gasteiger partial charge is 0.547 e. The third-order valence-corrected chi connectivity index (χ3v) is 14.8. The Morgan fingerprint density at radius 2 is 1.36 bits per heavy atom. The highest BCUT2D eigenvalue weighted by Crippen LogP contribution is 2.70. The zero-order valence-corrected chi connectivity index (χ0v) is 33.8. The molecule has 0 heterocycles. The monoisotopic (exact) mass is 654 g/mol. The van der Waals surface area contributed by atoms with Crippen molar-refractivity contribution in [2.45, 2.75) is 162 Å². The first kappa shape index (κ1) is 35.0. The molecular weight excluding hydrogens is 589 g/mol. The van der Waals surface area contributed by atoms with Gasteiger partial charge in [-0.2, -0.15) is 0 Å². The van der Waals surface area contributed by atoms with Crippen LogP contribution in [0.1, 0.15) is 65.2 Å². The van der Waals surface area contributed by atoms with Crippen LogP contribution in [0, 0.1) is 34.5 Å². The molecule has 4 rings (SSSR count). The Hall–Kier alpha value is 0.0875. The van der Waals surface area contributed by atoms with E-state index in [2.05, 4.69) is 92.4 Å². The lowest BCUT2D eigenvalue weighted by Gasteiger charge is -2.64. The quantitative estimate of drug-likeness (QED) is 0.198. The summed E-state index contributed by atoms with van der Waals surface area (Å²) in [7, 11) is -7.25. The smallest absolute Gasteiger partial charge is 0.242 e. The molecule has 5 nitrogen and oxygen atoms in total. The van der Waals surface area contributed by atoms with Gasteiger partial charge in [-0.15, -0.1) is 0 Å². The van der Waals surface area contributed by atoms with Gasteiger partial charge in [0.25, 0.3) is 0 Å². The van der Waals surface area contributed by atoms with Crippen LogP contribution in [-0.2, 0) is 17.7 Å². The van der Waals surface area contributed by atoms with Gasteiger partial charge in [0.1, 0.15) is 17.6 Å². The van der Waals surface area contributed by atoms with E-state index in [4.69, 9.17) is 17.7 Å². The van der Waals surface area contributed by atoms with E-state index >= 15 is 0 Å². The molecule has 0 aromatic carbocycles. The first-order chi connectivity index (χ1) is 18.9. The Morgan fingerprint density at radius 1 is 0.738 bits per heavy atom. The van der Waals surface area contributed by atoms with Gasteiger partial charge < -0.3 is 22.8 Å². The molecular formula is C33H66O5Si4. The summed E-state index contributed by atoms with van der Waals surface area (Å²) in [6, 6.07) is 0. The summed E-state index contributed by atoms with van der Waals surface area (Å²) in [5.41, 5.74) is -1.08. The normalized spacial score (nSPS) is 41.5. The zero-order valence-electron chi connectivity index (χ0n) is 29.8. The Kier molecular flexibility index (Phi) is 9.49. The summed E-state index contributed by atoms with van der Waals surface area (Å²) in [5, 5.41) is 12.9. The fraction of sp³-hybridized carbons (Fsp3) is 0.939. The number of hydrogen-bond donors (Lipinski definition) is 1. The number of hydrogen-bond acceptors (Lipinski definition) is 5. The van der Waals surface area contributed by atoms with Crippen LogP contribution in [0.15, 0.2) is 12.0 Å². The molecule has 0 aromatic heterocycles. The molecule has 0 radical (unpaired) electrons. The van der Waals surface area contributed by atoms with E-state index in [-0.39, 0.29) is 16.9 Å². The topological polar surface area (TPSA) is 57.2 Å². The van der Waals surface area contributed by atoms with Gasteiger partial charge in [-0.1, -0.05) is 13.8 Å². The first-order valence-corrected chi connectivity index (χ1v) is 30.7. The van der Waals surface area contributed by atoms with Gasteiger partial charge in [0, 0.05) is 17.6 Å². The Balaban J connectivity index is 1.73. The molecule has 0 amide bonds. The molecule has 0 bridgehead atoms. The van der Waals surface area contributed by atoms with E-state index in [0.717, 1.165) is 19.3 Å². The third kappa shape index (κ3) is 7.22. The third-order valence-electron chi connectivity index (χ3n) is 11.0. The van der Waals surface area contributed by atoms with Crippen molar-refractivity contribution in [1.29, 1.82) is 0 Å². The van der Waals surface area contributed by atoms with Crippen molar-refractivity contribution in [3.05, 3.63) is 12.0 Å². The minimum absolute atomic E-state index is 0.167. The molecule has 4 aliphatic carbocycles. The van der Waals surface area contributed by atoms with Crippen LogP contribution >= 0.6 is 0 Å². The van der Waals surface area contributed by atoms with Crippen LogP contribution in [0.3, 0.4) is 0 Å². The maximum absolute atomic E-state index is 12.9. The van der Waals surface area contributed by atoms with E-state index in [0.29, 0.717) is 35.5 Å². The molecule has 3 unspecified atom stereocenters. The summed E-state index contributed by atoms with van der Waals surface area (Å²) >= 11 is 0. The van der Waals surface area contributed by atoms with Gasteiger partial charge in [0.15, 0.2) is 16.6 Å². The van der Waals surface area contributed by atoms with E-state index < -0.39 is 38.9 Å².